The standard InChI is InChI=1S/C27H29NO6/c1-28(15-29)25-13-21(32-2)9-10-27(25)22-14-24-23(33-16-34-24)12-19(22)11-18(26(27)31)6-3-17-4-7-20(30)8-5-17/h4-5,7-10,12,14-15,18,21,25,30H,3,6,11,13,16H2,1-2H3. The molecule has 34 heavy (non-hydrogen) atoms. The molecule has 2 aliphatic carbocycles. The zero-order valence-electron chi connectivity index (χ0n) is 19.4. The number of carbonyl (C=O) groups excluding carboxylic acids is 2. The monoisotopic (exact) mass is 463 g/mol. The summed E-state index contributed by atoms with van der Waals surface area (Å²) in [4.78, 5) is 27.9. The molecule has 1 amide bonds. The molecule has 0 aromatic heterocycles. The Morgan fingerprint density at radius 3 is 2.65 bits per heavy atom. The molecule has 4 atom stereocenters. The van der Waals surface area contributed by atoms with Gasteiger partial charge in [0.1, 0.15) is 5.75 Å². The van der Waals surface area contributed by atoms with Crippen LogP contribution in [0.5, 0.6) is 17.2 Å². The smallest absolute Gasteiger partial charge is 0.231 e. The Morgan fingerprint density at radius 2 is 1.94 bits per heavy atom. The predicted molar refractivity (Wildman–Crippen MR) is 125 cm³/mol. The predicted octanol–water partition coefficient (Wildman–Crippen LogP) is 3.16. The highest BCUT2D eigenvalue weighted by Crippen LogP contribution is 2.50. The van der Waals surface area contributed by atoms with Gasteiger partial charge in [0.05, 0.1) is 17.6 Å². The molecule has 0 fully saturated rings. The van der Waals surface area contributed by atoms with E-state index in [-0.39, 0.29) is 36.4 Å². The van der Waals surface area contributed by atoms with Crippen LogP contribution in [-0.4, -0.2) is 55.3 Å². The van der Waals surface area contributed by atoms with E-state index in [0.29, 0.717) is 37.2 Å². The number of amides is 1. The van der Waals surface area contributed by atoms with Crippen LogP contribution in [0.3, 0.4) is 0 Å². The van der Waals surface area contributed by atoms with Gasteiger partial charge in [-0.25, -0.2) is 0 Å². The Bertz CT molecular complexity index is 1130. The number of ether oxygens (including phenoxy) is 3. The summed E-state index contributed by atoms with van der Waals surface area (Å²) in [5.74, 6) is 1.43. The van der Waals surface area contributed by atoms with E-state index in [1.807, 2.05) is 36.4 Å². The number of aromatic hydroxyl groups is 1. The van der Waals surface area contributed by atoms with Gasteiger partial charge in [0.15, 0.2) is 17.3 Å². The highest BCUT2D eigenvalue weighted by Gasteiger charge is 2.54. The van der Waals surface area contributed by atoms with Gasteiger partial charge in [0.2, 0.25) is 13.2 Å². The minimum absolute atomic E-state index is 0.113. The number of likely N-dealkylation sites (N-methyl/N-ethyl adjacent to an activating group) is 1. The number of phenols is 1. The fourth-order valence-electron chi connectivity index (χ4n) is 5.71. The van der Waals surface area contributed by atoms with Crippen LogP contribution in [0.2, 0.25) is 0 Å². The van der Waals surface area contributed by atoms with Gasteiger partial charge >= 0.3 is 0 Å². The maximum absolute atomic E-state index is 14.3. The second-order valence-electron chi connectivity index (χ2n) is 9.36. The van der Waals surface area contributed by atoms with E-state index in [2.05, 4.69) is 0 Å². The molecule has 2 aromatic carbocycles. The van der Waals surface area contributed by atoms with Gasteiger partial charge in [-0.2, -0.15) is 0 Å². The molecular weight excluding hydrogens is 434 g/mol. The number of phenolic OH excluding ortho intramolecular Hbond substituents is 1. The second kappa shape index (κ2) is 8.80. The van der Waals surface area contributed by atoms with Crippen LogP contribution in [0, 0.1) is 5.92 Å². The number of rotatable bonds is 6. The molecule has 1 heterocycles. The van der Waals surface area contributed by atoms with Gasteiger partial charge < -0.3 is 24.2 Å². The molecule has 4 unspecified atom stereocenters. The quantitative estimate of drug-likeness (QED) is 0.523. The van der Waals surface area contributed by atoms with E-state index >= 15 is 0 Å². The third-order valence-corrected chi connectivity index (χ3v) is 7.52. The lowest BCUT2D eigenvalue weighted by Crippen LogP contribution is -2.59. The van der Waals surface area contributed by atoms with Crippen LogP contribution in [0.15, 0.2) is 48.6 Å². The van der Waals surface area contributed by atoms with Gasteiger partial charge in [0, 0.05) is 20.1 Å². The van der Waals surface area contributed by atoms with Gasteiger partial charge in [-0.15, -0.1) is 0 Å². The molecule has 0 bridgehead atoms. The van der Waals surface area contributed by atoms with Crippen LogP contribution in [0.1, 0.15) is 29.5 Å². The summed E-state index contributed by atoms with van der Waals surface area (Å²) in [6.07, 6.45) is 7.01. The van der Waals surface area contributed by atoms with Crippen molar-refractivity contribution in [1.29, 1.82) is 0 Å². The number of aryl methyl sites for hydroxylation is 1. The minimum atomic E-state index is -0.987. The largest absolute Gasteiger partial charge is 0.508 e. The summed E-state index contributed by atoms with van der Waals surface area (Å²) in [5, 5.41) is 9.59. The summed E-state index contributed by atoms with van der Waals surface area (Å²) >= 11 is 0. The van der Waals surface area contributed by atoms with Gasteiger partial charge in [-0.1, -0.05) is 24.3 Å². The molecule has 2 aromatic rings. The van der Waals surface area contributed by atoms with E-state index in [1.54, 1.807) is 31.2 Å². The molecule has 0 saturated carbocycles. The molecule has 0 saturated heterocycles. The van der Waals surface area contributed by atoms with Gasteiger partial charge in [-0.05, 0) is 66.6 Å². The Morgan fingerprint density at radius 1 is 1.21 bits per heavy atom. The number of nitrogens with zero attached hydrogens (tertiary/aromatic N) is 1. The molecule has 178 valence electrons. The number of hydrogen-bond donors (Lipinski definition) is 1. The Labute approximate surface area is 198 Å². The van der Waals surface area contributed by atoms with Crippen molar-refractivity contribution in [1.82, 2.24) is 4.90 Å². The Hall–Kier alpha value is -3.32. The molecule has 0 radical (unpaired) electrons. The summed E-state index contributed by atoms with van der Waals surface area (Å²) in [7, 11) is 3.37. The molecular formula is C27H29NO6. The van der Waals surface area contributed by atoms with Gasteiger partial charge in [0.25, 0.3) is 0 Å². The Balaban J connectivity index is 1.59. The van der Waals surface area contributed by atoms with Crippen LogP contribution >= 0.6 is 0 Å². The highest BCUT2D eigenvalue weighted by atomic mass is 16.7. The molecule has 1 spiro atoms. The maximum Gasteiger partial charge on any atom is 0.231 e. The van der Waals surface area contributed by atoms with Crippen molar-refractivity contribution in [3.05, 3.63) is 65.2 Å². The average Bonchev–Trinajstić information content (AvgIpc) is 3.32. The highest BCUT2D eigenvalue weighted by molar-refractivity contribution is 5.98. The molecule has 1 aliphatic heterocycles. The fourth-order valence-corrected chi connectivity index (χ4v) is 5.71. The number of Topliss-reactive ketones (excluding diaryl/α,β-unsaturated/α-hetero) is 1. The van der Waals surface area contributed by atoms with Crippen molar-refractivity contribution in [3.63, 3.8) is 0 Å². The van der Waals surface area contributed by atoms with E-state index in [1.165, 1.54) is 0 Å². The van der Waals surface area contributed by atoms with Crippen molar-refractivity contribution in [3.8, 4) is 17.2 Å². The van der Waals surface area contributed by atoms with Crippen LogP contribution in [0.4, 0.5) is 0 Å². The zero-order valence-corrected chi connectivity index (χ0v) is 19.4. The molecule has 1 N–H and O–H groups in total. The first-order valence-corrected chi connectivity index (χ1v) is 11.6. The topological polar surface area (TPSA) is 85.3 Å². The lowest BCUT2D eigenvalue weighted by molar-refractivity contribution is -0.133. The van der Waals surface area contributed by atoms with Gasteiger partial charge in [-0.3, -0.25) is 9.59 Å². The molecule has 7 nitrogen and oxygen atoms in total. The van der Waals surface area contributed by atoms with Crippen molar-refractivity contribution in [2.24, 2.45) is 5.92 Å². The number of hydrogen-bond acceptors (Lipinski definition) is 6. The number of carbonyl (C=O) groups is 2. The van der Waals surface area contributed by atoms with Crippen molar-refractivity contribution >= 4 is 12.2 Å². The number of methoxy groups -OCH3 is 1. The van der Waals surface area contributed by atoms with Crippen molar-refractivity contribution in [2.45, 2.75) is 43.2 Å². The summed E-state index contributed by atoms with van der Waals surface area (Å²) in [5.41, 5.74) is 2.01. The zero-order chi connectivity index (χ0) is 23.9. The average molecular weight is 464 g/mol. The first-order chi connectivity index (χ1) is 16.5. The number of benzene rings is 2. The van der Waals surface area contributed by atoms with Crippen LogP contribution < -0.4 is 9.47 Å². The molecule has 3 aliphatic rings. The first-order valence-electron chi connectivity index (χ1n) is 11.6. The fraction of sp³-hybridized carbons (Fsp3) is 0.407. The normalized spacial score (nSPS) is 27.0. The third-order valence-electron chi connectivity index (χ3n) is 7.52. The summed E-state index contributed by atoms with van der Waals surface area (Å²) in [6.45, 7) is 0.155. The number of fused-ring (bicyclic) bond motifs is 3. The third kappa shape index (κ3) is 3.64. The lowest BCUT2D eigenvalue weighted by atomic mass is 9.58. The molecule has 5 rings (SSSR count). The van der Waals surface area contributed by atoms with Crippen molar-refractivity contribution < 1.29 is 28.9 Å². The lowest BCUT2D eigenvalue weighted by Gasteiger charge is -2.49. The van der Waals surface area contributed by atoms with E-state index in [9.17, 15) is 14.7 Å². The Kier molecular flexibility index (Phi) is 5.81. The summed E-state index contributed by atoms with van der Waals surface area (Å²) < 4.78 is 16.9. The van der Waals surface area contributed by atoms with E-state index in [0.717, 1.165) is 23.1 Å². The SMILES string of the molecule is COC1C=CC2(C(=O)C(CCc3ccc(O)cc3)Cc3cc4c(cc32)OCO4)C(N(C)C=O)C1. The van der Waals surface area contributed by atoms with Crippen molar-refractivity contribution in [2.75, 3.05) is 21.0 Å². The minimum Gasteiger partial charge on any atom is -0.508 e. The van der Waals surface area contributed by atoms with E-state index in [4.69, 9.17) is 14.2 Å². The molecule has 7 heteroatoms. The second-order valence-corrected chi connectivity index (χ2v) is 9.36. The van der Waals surface area contributed by atoms with E-state index < -0.39 is 5.41 Å². The summed E-state index contributed by atoms with van der Waals surface area (Å²) in [6, 6.07) is 10.6. The first kappa shape index (κ1) is 22.5. The van der Waals surface area contributed by atoms with Crippen LogP contribution in [0.25, 0.3) is 0 Å². The maximum atomic E-state index is 14.3. The van der Waals surface area contributed by atoms with Crippen LogP contribution in [-0.2, 0) is 32.6 Å². The number of ketones is 1.